The van der Waals surface area contributed by atoms with Gasteiger partial charge in [0.15, 0.2) is 17.3 Å². The van der Waals surface area contributed by atoms with E-state index < -0.39 is 0 Å². The largest absolute Gasteiger partial charge is 0.486 e. The topological polar surface area (TPSA) is 78.3 Å². The molecule has 8 heteroatoms. The first-order valence-electron chi connectivity index (χ1n) is 11.5. The summed E-state index contributed by atoms with van der Waals surface area (Å²) in [6, 6.07) is 15.8. The highest BCUT2D eigenvalue weighted by Crippen LogP contribution is 2.47. The Labute approximate surface area is 202 Å². The maximum absolute atomic E-state index is 13.4. The smallest absolute Gasteiger partial charge is 0.227 e. The number of Topliss-reactive ketones (excluding diaryl/α,β-unsaturated/α-hetero) is 1. The summed E-state index contributed by atoms with van der Waals surface area (Å²) < 4.78 is 13.4. The first-order chi connectivity index (χ1) is 16.5. The number of carbonyl (C=O) groups excluding carboxylic acids is 1. The molecule has 0 saturated heterocycles. The lowest BCUT2D eigenvalue weighted by atomic mass is 9.73. The number of aromatic nitrogens is 3. The number of nitrogens with zero attached hydrogens (tertiary/aromatic N) is 3. The van der Waals surface area contributed by atoms with Crippen molar-refractivity contribution >= 4 is 23.5 Å². The number of rotatable bonds is 4. The van der Waals surface area contributed by atoms with Crippen molar-refractivity contribution in [3.8, 4) is 11.5 Å². The van der Waals surface area contributed by atoms with Gasteiger partial charge in [-0.1, -0.05) is 62.0 Å². The molecule has 6 rings (SSSR count). The van der Waals surface area contributed by atoms with Gasteiger partial charge in [0, 0.05) is 23.4 Å². The second-order valence-corrected chi connectivity index (χ2v) is 10.6. The Morgan fingerprint density at radius 2 is 1.88 bits per heavy atom. The Morgan fingerprint density at radius 1 is 1.09 bits per heavy atom. The van der Waals surface area contributed by atoms with E-state index in [1.807, 2.05) is 41.1 Å². The molecule has 1 aliphatic carbocycles. The van der Waals surface area contributed by atoms with Crippen molar-refractivity contribution in [2.45, 2.75) is 43.6 Å². The molecule has 7 nitrogen and oxygen atoms in total. The van der Waals surface area contributed by atoms with Crippen LogP contribution in [0.15, 0.2) is 65.0 Å². The number of carbonyl (C=O) groups is 1. The molecule has 0 spiro atoms. The summed E-state index contributed by atoms with van der Waals surface area (Å²) in [6.45, 7) is 5.32. The highest BCUT2D eigenvalue weighted by atomic mass is 32.2. The third-order valence-electron chi connectivity index (χ3n) is 6.41. The van der Waals surface area contributed by atoms with E-state index in [0.717, 1.165) is 34.8 Å². The third-order valence-corrected chi connectivity index (χ3v) is 7.31. The second kappa shape index (κ2) is 8.20. The number of hydrogen-bond acceptors (Lipinski definition) is 7. The van der Waals surface area contributed by atoms with E-state index >= 15 is 0 Å². The molecule has 3 aliphatic rings. The molecular weight excluding hydrogens is 448 g/mol. The lowest BCUT2D eigenvalue weighted by Gasteiger charge is -2.38. The van der Waals surface area contributed by atoms with Gasteiger partial charge in [-0.3, -0.25) is 4.79 Å². The van der Waals surface area contributed by atoms with Gasteiger partial charge in [-0.05, 0) is 35.1 Å². The predicted octanol–water partition coefficient (Wildman–Crippen LogP) is 5.00. The average molecular weight is 475 g/mol. The number of hydrogen-bond donors (Lipinski definition) is 1. The van der Waals surface area contributed by atoms with Crippen LogP contribution in [-0.2, 0) is 10.5 Å². The number of benzene rings is 2. The van der Waals surface area contributed by atoms with Gasteiger partial charge in [-0.25, -0.2) is 4.68 Å². The summed E-state index contributed by atoms with van der Waals surface area (Å²) in [4.78, 5) is 18.2. The van der Waals surface area contributed by atoms with Gasteiger partial charge < -0.3 is 14.8 Å². The van der Waals surface area contributed by atoms with Crippen LogP contribution in [0, 0.1) is 5.41 Å². The zero-order valence-electron chi connectivity index (χ0n) is 19.2. The van der Waals surface area contributed by atoms with E-state index in [2.05, 4.69) is 31.3 Å². The monoisotopic (exact) mass is 474 g/mol. The number of ether oxygens (including phenoxy) is 2. The van der Waals surface area contributed by atoms with Gasteiger partial charge in [0.25, 0.3) is 0 Å². The van der Waals surface area contributed by atoms with Gasteiger partial charge in [0.1, 0.15) is 19.3 Å². The van der Waals surface area contributed by atoms with Crippen LogP contribution in [0.2, 0.25) is 0 Å². The minimum Gasteiger partial charge on any atom is -0.486 e. The molecule has 2 aliphatic heterocycles. The Kier molecular flexibility index (Phi) is 5.13. The SMILES string of the molecule is CC1(C)CC(=O)C2=C(C1)Nc1nc(SCc3ccccc3)nn1C2c1ccc2c(c1)OCCO2. The van der Waals surface area contributed by atoms with Crippen LogP contribution in [-0.4, -0.2) is 33.8 Å². The lowest BCUT2D eigenvalue weighted by Crippen LogP contribution is -2.36. The van der Waals surface area contributed by atoms with Gasteiger partial charge >= 0.3 is 0 Å². The molecule has 0 fully saturated rings. The van der Waals surface area contributed by atoms with E-state index in [4.69, 9.17) is 19.6 Å². The Balaban J connectivity index is 1.41. The van der Waals surface area contributed by atoms with E-state index in [9.17, 15) is 4.79 Å². The Morgan fingerprint density at radius 3 is 2.71 bits per heavy atom. The molecule has 3 aromatic rings. The van der Waals surface area contributed by atoms with E-state index in [-0.39, 0.29) is 17.2 Å². The minimum absolute atomic E-state index is 0.104. The van der Waals surface area contributed by atoms with Gasteiger partial charge in [0.05, 0.1) is 0 Å². The molecule has 174 valence electrons. The molecule has 0 amide bonds. The van der Waals surface area contributed by atoms with Gasteiger partial charge in [-0.2, -0.15) is 4.98 Å². The molecule has 0 radical (unpaired) electrons. The molecular formula is C26H26N4O3S. The summed E-state index contributed by atoms with van der Waals surface area (Å²) in [6.07, 6.45) is 1.29. The minimum atomic E-state index is -0.357. The molecule has 2 aromatic carbocycles. The zero-order valence-corrected chi connectivity index (χ0v) is 20.0. The zero-order chi connectivity index (χ0) is 23.3. The lowest BCUT2D eigenvalue weighted by molar-refractivity contribution is -0.118. The van der Waals surface area contributed by atoms with E-state index in [1.54, 1.807) is 11.8 Å². The summed E-state index contributed by atoms with van der Waals surface area (Å²) in [5.41, 5.74) is 3.77. The highest BCUT2D eigenvalue weighted by molar-refractivity contribution is 7.98. The molecule has 1 unspecified atom stereocenters. The number of ketones is 1. The normalized spacial score (nSPS) is 20.4. The van der Waals surface area contributed by atoms with E-state index in [1.165, 1.54) is 5.56 Å². The number of fused-ring (bicyclic) bond motifs is 2. The van der Waals surface area contributed by atoms with Gasteiger partial charge in [0.2, 0.25) is 11.1 Å². The standard InChI is InChI=1S/C26H26N4O3S/c1-26(2)13-18-22(19(31)14-26)23(17-8-9-20-21(12-17)33-11-10-32-20)30-24(27-18)28-25(29-30)34-15-16-6-4-3-5-7-16/h3-9,12,23H,10-11,13-15H2,1-2H3,(H,27,28,29). The van der Waals surface area contributed by atoms with Crippen molar-refractivity contribution in [2.75, 3.05) is 18.5 Å². The van der Waals surface area contributed by atoms with Gasteiger partial charge in [-0.15, -0.1) is 5.10 Å². The van der Waals surface area contributed by atoms with Crippen molar-refractivity contribution in [1.82, 2.24) is 14.8 Å². The fraction of sp³-hybridized carbons (Fsp3) is 0.346. The third kappa shape index (κ3) is 3.86. The quantitative estimate of drug-likeness (QED) is 0.533. The highest BCUT2D eigenvalue weighted by Gasteiger charge is 2.42. The van der Waals surface area contributed by atoms with Crippen LogP contribution in [0.3, 0.4) is 0 Å². The number of thioether (sulfide) groups is 1. The summed E-state index contributed by atoms with van der Waals surface area (Å²) in [5, 5.41) is 8.97. The number of anilines is 1. The van der Waals surface area contributed by atoms with Crippen LogP contribution in [0.5, 0.6) is 11.5 Å². The maximum atomic E-state index is 13.4. The summed E-state index contributed by atoms with van der Waals surface area (Å²) >= 11 is 1.59. The van der Waals surface area contributed by atoms with E-state index in [0.29, 0.717) is 36.5 Å². The molecule has 1 atom stereocenters. The molecule has 0 bridgehead atoms. The second-order valence-electron chi connectivity index (χ2n) is 9.70. The first-order valence-corrected chi connectivity index (χ1v) is 12.5. The maximum Gasteiger partial charge on any atom is 0.227 e. The summed E-state index contributed by atoms with van der Waals surface area (Å²) in [5.74, 6) is 3.02. The predicted molar refractivity (Wildman–Crippen MR) is 130 cm³/mol. The molecule has 1 N–H and O–H groups in total. The van der Waals surface area contributed by atoms with Crippen LogP contribution in [0.4, 0.5) is 5.95 Å². The fourth-order valence-corrected chi connectivity index (χ4v) is 5.70. The Bertz CT molecular complexity index is 1300. The number of nitrogens with one attached hydrogen (secondary N) is 1. The van der Waals surface area contributed by atoms with Crippen LogP contribution in [0.25, 0.3) is 0 Å². The molecule has 1 aromatic heterocycles. The van der Waals surface area contributed by atoms with Crippen molar-refractivity contribution in [2.24, 2.45) is 5.41 Å². The molecule has 0 saturated carbocycles. The summed E-state index contributed by atoms with van der Waals surface area (Å²) in [7, 11) is 0. The molecule has 34 heavy (non-hydrogen) atoms. The van der Waals surface area contributed by atoms with Crippen molar-refractivity contribution in [3.05, 3.63) is 70.9 Å². The van der Waals surface area contributed by atoms with Crippen molar-refractivity contribution in [1.29, 1.82) is 0 Å². The fourth-order valence-electron chi connectivity index (χ4n) is 4.91. The van der Waals surface area contributed by atoms with Crippen LogP contribution >= 0.6 is 11.8 Å². The van der Waals surface area contributed by atoms with Crippen LogP contribution < -0.4 is 14.8 Å². The average Bonchev–Trinajstić information content (AvgIpc) is 3.23. The molecule has 3 heterocycles. The number of allylic oxidation sites excluding steroid dienone is 2. The Hall–Kier alpha value is -3.26. The first kappa shape index (κ1) is 21.3. The van der Waals surface area contributed by atoms with Crippen LogP contribution in [0.1, 0.15) is 43.9 Å². The van der Waals surface area contributed by atoms with Crippen molar-refractivity contribution in [3.63, 3.8) is 0 Å². The van der Waals surface area contributed by atoms with Crippen molar-refractivity contribution < 1.29 is 14.3 Å².